The van der Waals surface area contributed by atoms with E-state index in [2.05, 4.69) is 20.9 Å². The number of aromatic nitrogens is 2. The Balaban J connectivity index is 1.23. The minimum atomic E-state index is -0.235. The van der Waals surface area contributed by atoms with E-state index in [0.29, 0.717) is 12.3 Å². The molecule has 1 N–H and O–H groups in total. The van der Waals surface area contributed by atoms with E-state index in [-0.39, 0.29) is 18.1 Å². The molecule has 1 amide bonds. The Morgan fingerprint density at radius 2 is 2.11 bits per heavy atom. The molecule has 0 fully saturated rings. The van der Waals surface area contributed by atoms with E-state index >= 15 is 0 Å². The van der Waals surface area contributed by atoms with Crippen molar-refractivity contribution in [2.75, 3.05) is 13.2 Å². The first-order valence-electron chi connectivity index (χ1n) is 9.62. The Morgan fingerprint density at radius 3 is 3.00 bits per heavy atom. The molecule has 2 aromatic carbocycles. The van der Waals surface area contributed by atoms with E-state index in [9.17, 15) is 4.79 Å². The van der Waals surface area contributed by atoms with Gasteiger partial charge in [0.15, 0.2) is 18.1 Å². The van der Waals surface area contributed by atoms with Crippen molar-refractivity contribution in [1.29, 1.82) is 0 Å². The van der Waals surface area contributed by atoms with Crippen LogP contribution in [0, 0.1) is 0 Å². The predicted molar refractivity (Wildman–Crippen MR) is 108 cm³/mol. The average molecular weight is 379 g/mol. The number of nitrogens with one attached hydrogen (secondary N) is 1. The molecule has 1 aliphatic rings. The van der Waals surface area contributed by atoms with E-state index < -0.39 is 0 Å². The molecule has 0 saturated carbocycles. The zero-order valence-electron chi connectivity index (χ0n) is 16.3. The Morgan fingerprint density at radius 1 is 1.25 bits per heavy atom. The molecule has 28 heavy (non-hydrogen) atoms. The first kappa shape index (κ1) is 18.3. The number of ether oxygens (including phenoxy) is 2. The summed E-state index contributed by atoms with van der Waals surface area (Å²) in [7, 11) is 0. The fraction of sp³-hybridized carbons (Fsp3) is 0.364. The van der Waals surface area contributed by atoms with Gasteiger partial charge in [0.2, 0.25) is 0 Å². The normalized spacial score (nSPS) is 14.5. The van der Waals surface area contributed by atoms with Crippen LogP contribution in [0.15, 0.2) is 48.8 Å². The molecular weight excluding hydrogens is 354 g/mol. The van der Waals surface area contributed by atoms with E-state index in [0.717, 1.165) is 41.7 Å². The first-order valence-corrected chi connectivity index (χ1v) is 9.62. The van der Waals surface area contributed by atoms with Gasteiger partial charge >= 0.3 is 0 Å². The first-order chi connectivity index (χ1) is 13.5. The number of amides is 1. The lowest BCUT2D eigenvalue weighted by Crippen LogP contribution is -2.30. The fourth-order valence-corrected chi connectivity index (χ4v) is 3.56. The van der Waals surface area contributed by atoms with E-state index in [1.165, 1.54) is 0 Å². The summed E-state index contributed by atoms with van der Waals surface area (Å²) in [4.78, 5) is 16.5. The van der Waals surface area contributed by atoms with Crippen LogP contribution in [0.2, 0.25) is 0 Å². The minimum absolute atomic E-state index is 0.0196. The number of rotatable bonds is 7. The second-order valence-electron chi connectivity index (χ2n) is 7.70. The van der Waals surface area contributed by atoms with Crippen LogP contribution in [-0.4, -0.2) is 34.2 Å². The van der Waals surface area contributed by atoms with Crippen LogP contribution in [0.25, 0.3) is 11.0 Å². The van der Waals surface area contributed by atoms with Crippen molar-refractivity contribution in [2.24, 2.45) is 0 Å². The number of fused-ring (bicyclic) bond motifs is 2. The van der Waals surface area contributed by atoms with Gasteiger partial charge in [-0.15, -0.1) is 0 Å². The number of aryl methyl sites for hydroxylation is 1. The lowest BCUT2D eigenvalue weighted by molar-refractivity contribution is -0.123. The van der Waals surface area contributed by atoms with Gasteiger partial charge in [-0.05, 0) is 38.5 Å². The molecule has 3 aromatic rings. The van der Waals surface area contributed by atoms with Crippen molar-refractivity contribution in [3.05, 3.63) is 54.4 Å². The molecule has 1 aromatic heterocycles. The minimum Gasteiger partial charge on any atom is -0.483 e. The lowest BCUT2D eigenvalue weighted by atomic mass is 10.0. The topological polar surface area (TPSA) is 65.4 Å². The summed E-state index contributed by atoms with van der Waals surface area (Å²) in [5, 5.41) is 2.91. The van der Waals surface area contributed by atoms with Gasteiger partial charge in [0.1, 0.15) is 5.60 Å². The third kappa shape index (κ3) is 3.96. The Hall–Kier alpha value is -3.02. The van der Waals surface area contributed by atoms with Gasteiger partial charge in [-0.25, -0.2) is 4.98 Å². The molecule has 6 nitrogen and oxygen atoms in total. The van der Waals surface area contributed by atoms with Crippen LogP contribution in [-0.2, 0) is 17.8 Å². The molecule has 6 heteroatoms. The number of imidazole rings is 1. The molecular formula is C22H25N3O3. The van der Waals surface area contributed by atoms with E-state index in [4.69, 9.17) is 9.47 Å². The van der Waals surface area contributed by atoms with Gasteiger partial charge < -0.3 is 19.4 Å². The van der Waals surface area contributed by atoms with Crippen molar-refractivity contribution in [3.63, 3.8) is 0 Å². The van der Waals surface area contributed by atoms with Crippen molar-refractivity contribution in [3.8, 4) is 11.5 Å². The molecule has 0 unspecified atom stereocenters. The molecule has 0 atom stereocenters. The summed E-state index contributed by atoms with van der Waals surface area (Å²) in [5.74, 6) is 1.25. The Labute approximate surface area is 164 Å². The number of carbonyl (C=O) groups excluding carboxylic acids is 1. The highest BCUT2D eigenvalue weighted by atomic mass is 16.5. The van der Waals surface area contributed by atoms with Gasteiger partial charge in [-0.3, -0.25) is 4.79 Å². The molecule has 0 bridgehead atoms. The van der Waals surface area contributed by atoms with Crippen LogP contribution in [0.3, 0.4) is 0 Å². The fourth-order valence-electron chi connectivity index (χ4n) is 3.56. The zero-order chi connectivity index (χ0) is 19.6. The SMILES string of the molecule is CC1(C)Cc2cccc(OCC(=O)NCCCn3cnc4ccccc43)c2O1. The Bertz CT molecular complexity index is 994. The lowest BCUT2D eigenvalue weighted by Gasteiger charge is -2.18. The van der Waals surface area contributed by atoms with Crippen molar-refractivity contribution in [2.45, 2.75) is 38.8 Å². The largest absolute Gasteiger partial charge is 0.483 e. The quantitative estimate of drug-likeness (QED) is 0.640. The summed E-state index contributed by atoms with van der Waals surface area (Å²) in [5.41, 5.74) is 2.98. The van der Waals surface area contributed by atoms with Gasteiger partial charge in [-0.2, -0.15) is 0 Å². The smallest absolute Gasteiger partial charge is 0.257 e. The number of benzene rings is 2. The van der Waals surface area contributed by atoms with Crippen LogP contribution in [0.5, 0.6) is 11.5 Å². The molecule has 146 valence electrons. The summed E-state index contributed by atoms with van der Waals surface area (Å²) in [6, 6.07) is 13.9. The predicted octanol–water partition coefficient (Wildman–Crippen LogP) is 3.34. The highest BCUT2D eigenvalue weighted by Gasteiger charge is 2.32. The summed E-state index contributed by atoms with van der Waals surface area (Å²) < 4.78 is 13.8. The highest BCUT2D eigenvalue weighted by Crippen LogP contribution is 2.41. The van der Waals surface area contributed by atoms with Crippen molar-refractivity contribution < 1.29 is 14.3 Å². The van der Waals surface area contributed by atoms with Gasteiger partial charge in [-0.1, -0.05) is 24.3 Å². The standard InChI is InChI=1S/C22H25N3O3/c1-22(2)13-16-7-5-10-19(21(16)28-22)27-14-20(26)23-11-6-12-25-15-24-17-8-3-4-9-18(17)25/h3-5,7-10,15H,6,11-14H2,1-2H3,(H,23,26). The van der Waals surface area contributed by atoms with Crippen LogP contribution in [0.4, 0.5) is 0 Å². The van der Waals surface area contributed by atoms with Crippen LogP contribution < -0.4 is 14.8 Å². The van der Waals surface area contributed by atoms with E-state index in [1.54, 1.807) is 0 Å². The monoisotopic (exact) mass is 379 g/mol. The second-order valence-corrected chi connectivity index (χ2v) is 7.70. The van der Waals surface area contributed by atoms with Gasteiger partial charge in [0, 0.05) is 25.1 Å². The Kier molecular flexibility index (Phi) is 4.94. The number of carbonyl (C=O) groups is 1. The highest BCUT2D eigenvalue weighted by molar-refractivity contribution is 5.77. The number of hydrogen-bond acceptors (Lipinski definition) is 4. The van der Waals surface area contributed by atoms with Crippen LogP contribution >= 0.6 is 0 Å². The third-order valence-corrected chi connectivity index (χ3v) is 4.84. The number of nitrogens with zero attached hydrogens (tertiary/aromatic N) is 2. The molecule has 0 radical (unpaired) electrons. The summed E-state index contributed by atoms with van der Waals surface area (Å²) in [6.07, 6.45) is 3.51. The summed E-state index contributed by atoms with van der Waals surface area (Å²) >= 11 is 0. The van der Waals surface area contributed by atoms with Gasteiger partial charge in [0.25, 0.3) is 5.91 Å². The molecule has 0 saturated heterocycles. The maximum absolute atomic E-state index is 12.1. The summed E-state index contributed by atoms with van der Waals surface area (Å²) in [6.45, 7) is 5.47. The van der Waals surface area contributed by atoms with Crippen molar-refractivity contribution >= 4 is 16.9 Å². The molecule has 1 aliphatic heterocycles. The van der Waals surface area contributed by atoms with Gasteiger partial charge in [0.05, 0.1) is 17.4 Å². The van der Waals surface area contributed by atoms with Crippen LogP contribution in [0.1, 0.15) is 25.8 Å². The van der Waals surface area contributed by atoms with Crippen molar-refractivity contribution in [1.82, 2.24) is 14.9 Å². The molecule has 4 rings (SSSR count). The maximum Gasteiger partial charge on any atom is 0.257 e. The average Bonchev–Trinajstić information content (AvgIpc) is 3.22. The zero-order valence-corrected chi connectivity index (χ0v) is 16.3. The second kappa shape index (κ2) is 7.54. The molecule has 2 heterocycles. The maximum atomic E-state index is 12.1. The molecule has 0 aliphatic carbocycles. The molecule has 0 spiro atoms. The number of para-hydroxylation sites is 3. The number of hydrogen-bond donors (Lipinski definition) is 1. The third-order valence-electron chi connectivity index (χ3n) is 4.84. The van der Waals surface area contributed by atoms with E-state index in [1.807, 2.05) is 56.6 Å².